The molecule has 1 aliphatic heterocycles. The molecule has 3 rings (SSSR count). The summed E-state index contributed by atoms with van der Waals surface area (Å²) in [6.45, 7) is 1.90. The molecule has 25 heavy (non-hydrogen) atoms. The Kier molecular flexibility index (Phi) is 5.46. The summed E-state index contributed by atoms with van der Waals surface area (Å²) < 4.78 is 5.94. The van der Waals surface area contributed by atoms with Crippen LogP contribution < -0.4 is 0 Å². The highest BCUT2D eigenvalue weighted by atomic mass is 16.5. The van der Waals surface area contributed by atoms with Crippen LogP contribution >= 0.6 is 0 Å². The van der Waals surface area contributed by atoms with E-state index in [1.807, 2.05) is 30.3 Å². The van der Waals surface area contributed by atoms with Gasteiger partial charge in [-0.15, -0.1) is 0 Å². The van der Waals surface area contributed by atoms with Gasteiger partial charge in [0.2, 0.25) is 0 Å². The summed E-state index contributed by atoms with van der Waals surface area (Å²) in [7, 11) is 0. The maximum atomic E-state index is 12.5. The van der Waals surface area contributed by atoms with E-state index < -0.39 is 5.97 Å². The molecule has 0 atom stereocenters. The first-order valence-corrected chi connectivity index (χ1v) is 8.41. The molecular weight excluding hydrogens is 318 g/mol. The fraction of sp³-hybridized carbons (Fsp3) is 0.300. The van der Waals surface area contributed by atoms with Crippen LogP contribution in [-0.2, 0) is 11.3 Å². The molecule has 0 aromatic heterocycles. The van der Waals surface area contributed by atoms with Gasteiger partial charge in [0.05, 0.1) is 18.3 Å². The van der Waals surface area contributed by atoms with Crippen molar-refractivity contribution in [3.63, 3.8) is 0 Å². The minimum atomic E-state index is -0.990. The van der Waals surface area contributed by atoms with Gasteiger partial charge in [-0.05, 0) is 42.7 Å². The minimum absolute atomic E-state index is 0.0570. The monoisotopic (exact) mass is 339 g/mol. The smallest absolute Gasteiger partial charge is 0.335 e. The molecule has 2 aromatic rings. The number of amides is 1. The lowest BCUT2D eigenvalue weighted by Crippen LogP contribution is -2.40. The van der Waals surface area contributed by atoms with Crippen molar-refractivity contribution >= 4 is 11.9 Å². The van der Waals surface area contributed by atoms with E-state index in [4.69, 9.17) is 9.84 Å². The summed E-state index contributed by atoms with van der Waals surface area (Å²) in [6, 6.07) is 16.1. The zero-order chi connectivity index (χ0) is 17.6. The number of hydrogen-bond acceptors (Lipinski definition) is 3. The van der Waals surface area contributed by atoms with E-state index in [0.717, 1.165) is 18.4 Å². The molecule has 1 fully saturated rings. The molecule has 1 amide bonds. The van der Waals surface area contributed by atoms with Gasteiger partial charge in [0.25, 0.3) is 5.91 Å². The van der Waals surface area contributed by atoms with Crippen molar-refractivity contribution < 1.29 is 19.4 Å². The summed E-state index contributed by atoms with van der Waals surface area (Å²) in [5.41, 5.74) is 1.86. The maximum absolute atomic E-state index is 12.5. The fourth-order valence-electron chi connectivity index (χ4n) is 2.95. The quantitative estimate of drug-likeness (QED) is 0.908. The Morgan fingerprint density at radius 3 is 2.16 bits per heavy atom. The molecule has 0 radical (unpaired) electrons. The second-order valence-electron chi connectivity index (χ2n) is 6.17. The number of benzene rings is 2. The van der Waals surface area contributed by atoms with E-state index in [2.05, 4.69) is 0 Å². The van der Waals surface area contributed by atoms with Crippen LogP contribution in [0.5, 0.6) is 0 Å². The summed E-state index contributed by atoms with van der Waals surface area (Å²) in [6.07, 6.45) is 1.79. The second-order valence-corrected chi connectivity index (χ2v) is 6.17. The molecule has 1 aliphatic rings. The van der Waals surface area contributed by atoms with Crippen molar-refractivity contribution in [2.24, 2.45) is 0 Å². The summed E-state index contributed by atoms with van der Waals surface area (Å²) in [4.78, 5) is 25.2. The molecule has 0 spiro atoms. The number of carbonyl (C=O) groups excluding carboxylic acids is 1. The molecule has 5 heteroatoms. The lowest BCUT2D eigenvalue weighted by atomic mass is 10.1. The highest BCUT2D eigenvalue weighted by Gasteiger charge is 2.24. The van der Waals surface area contributed by atoms with Crippen LogP contribution in [0.25, 0.3) is 0 Å². The number of nitrogens with zero attached hydrogens (tertiary/aromatic N) is 1. The molecule has 0 bridgehead atoms. The normalized spacial score (nSPS) is 15.1. The van der Waals surface area contributed by atoms with Gasteiger partial charge in [0.15, 0.2) is 0 Å². The van der Waals surface area contributed by atoms with E-state index in [-0.39, 0.29) is 17.6 Å². The third-order valence-electron chi connectivity index (χ3n) is 4.44. The highest BCUT2D eigenvalue weighted by molar-refractivity contribution is 5.95. The number of likely N-dealkylation sites (tertiary alicyclic amines) is 1. The third-order valence-corrected chi connectivity index (χ3v) is 4.44. The van der Waals surface area contributed by atoms with E-state index in [1.165, 1.54) is 12.1 Å². The molecule has 2 aromatic carbocycles. The van der Waals surface area contributed by atoms with Gasteiger partial charge in [-0.3, -0.25) is 4.79 Å². The predicted octanol–water partition coefficient (Wildman–Crippen LogP) is 3.21. The average Bonchev–Trinajstić information content (AvgIpc) is 2.67. The average molecular weight is 339 g/mol. The number of hydrogen-bond donors (Lipinski definition) is 1. The Morgan fingerprint density at radius 2 is 1.56 bits per heavy atom. The number of rotatable bonds is 5. The van der Waals surface area contributed by atoms with E-state index in [9.17, 15) is 9.59 Å². The highest BCUT2D eigenvalue weighted by Crippen LogP contribution is 2.18. The number of ether oxygens (including phenoxy) is 1. The van der Waals surface area contributed by atoms with Gasteiger partial charge in [-0.1, -0.05) is 30.3 Å². The van der Waals surface area contributed by atoms with Gasteiger partial charge in [-0.2, -0.15) is 0 Å². The molecule has 0 unspecified atom stereocenters. The van der Waals surface area contributed by atoms with Crippen molar-refractivity contribution in [2.75, 3.05) is 13.1 Å². The maximum Gasteiger partial charge on any atom is 0.335 e. The van der Waals surface area contributed by atoms with E-state index in [0.29, 0.717) is 25.3 Å². The zero-order valence-corrected chi connectivity index (χ0v) is 13.9. The fourth-order valence-corrected chi connectivity index (χ4v) is 2.95. The Morgan fingerprint density at radius 1 is 0.960 bits per heavy atom. The largest absolute Gasteiger partial charge is 0.478 e. The number of carboxylic acid groups (broad SMARTS) is 1. The lowest BCUT2D eigenvalue weighted by Gasteiger charge is -2.32. The standard InChI is InChI=1S/C20H21NO4/c22-19(16-6-8-17(9-7-16)20(23)24)21-12-10-18(11-13-21)25-14-15-4-2-1-3-5-15/h1-9,18H,10-14H2,(H,23,24). The Hall–Kier alpha value is -2.66. The lowest BCUT2D eigenvalue weighted by molar-refractivity contribution is -0.000388. The first kappa shape index (κ1) is 17.2. The van der Waals surface area contributed by atoms with Crippen molar-refractivity contribution in [2.45, 2.75) is 25.6 Å². The molecule has 5 nitrogen and oxygen atoms in total. The van der Waals surface area contributed by atoms with Crippen LogP contribution in [0.15, 0.2) is 54.6 Å². The molecule has 1 heterocycles. The van der Waals surface area contributed by atoms with Crippen LogP contribution in [0.3, 0.4) is 0 Å². The number of carboxylic acids is 1. The van der Waals surface area contributed by atoms with Gasteiger partial charge < -0.3 is 14.7 Å². The van der Waals surface area contributed by atoms with Gasteiger partial charge in [0, 0.05) is 18.7 Å². The van der Waals surface area contributed by atoms with Crippen molar-refractivity contribution in [3.8, 4) is 0 Å². The number of aromatic carboxylic acids is 1. The SMILES string of the molecule is O=C(O)c1ccc(C(=O)N2CCC(OCc3ccccc3)CC2)cc1. The van der Waals surface area contributed by atoms with Crippen LogP contribution in [0.1, 0.15) is 39.1 Å². The van der Waals surface area contributed by atoms with Gasteiger partial charge in [0.1, 0.15) is 0 Å². The zero-order valence-electron chi connectivity index (χ0n) is 13.9. The van der Waals surface area contributed by atoms with Crippen LogP contribution in [0.2, 0.25) is 0 Å². The van der Waals surface area contributed by atoms with Crippen molar-refractivity contribution in [1.82, 2.24) is 4.90 Å². The first-order valence-electron chi connectivity index (χ1n) is 8.41. The molecular formula is C20H21NO4. The molecule has 0 aliphatic carbocycles. The third kappa shape index (κ3) is 4.45. The Labute approximate surface area is 146 Å². The van der Waals surface area contributed by atoms with Crippen molar-refractivity contribution in [1.29, 1.82) is 0 Å². The molecule has 130 valence electrons. The van der Waals surface area contributed by atoms with Gasteiger partial charge in [-0.25, -0.2) is 4.79 Å². The summed E-state index contributed by atoms with van der Waals surface area (Å²) in [5, 5.41) is 8.92. The predicted molar refractivity (Wildman–Crippen MR) is 93.6 cm³/mol. The number of carbonyl (C=O) groups is 2. The molecule has 0 saturated carbocycles. The summed E-state index contributed by atoms with van der Waals surface area (Å²) >= 11 is 0. The topological polar surface area (TPSA) is 66.8 Å². The first-order chi connectivity index (χ1) is 12.1. The van der Waals surface area contributed by atoms with Crippen LogP contribution in [0, 0.1) is 0 Å². The molecule has 1 saturated heterocycles. The minimum Gasteiger partial charge on any atom is -0.478 e. The van der Waals surface area contributed by atoms with Gasteiger partial charge >= 0.3 is 5.97 Å². The van der Waals surface area contributed by atoms with E-state index >= 15 is 0 Å². The van der Waals surface area contributed by atoms with Crippen LogP contribution in [0.4, 0.5) is 0 Å². The summed E-state index contributed by atoms with van der Waals surface area (Å²) in [5.74, 6) is -1.05. The van der Waals surface area contributed by atoms with Crippen molar-refractivity contribution in [3.05, 3.63) is 71.3 Å². The Bertz CT molecular complexity index is 719. The Balaban J connectivity index is 1.49. The molecule has 1 N–H and O–H groups in total. The second kappa shape index (κ2) is 7.94. The van der Waals surface area contributed by atoms with Crippen LogP contribution in [-0.4, -0.2) is 41.1 Å². The number of piperidine rings is 1. The van der Waals surface area contributed by atoms with E-state index in [1.54, 1.807) is 17.0 Å².